The van der Waals surface area contributed by atoms with Crippen LogP contribution in [-0.4, -0.2) is 46.0 Å². The van der Waals surface area contributed by atoms with Gasteiger partial charge in [0, 0.05) is 18.3 Å². The van der Waals surface area contributed by atoms with Gasteiger partial charge in [0.15, 0.2) is 0 Å². The van der Waals surface area contributed by atoms with Crippen molar-refractivity contribution in [2.75, 3.05) is 19.7 Å². The Bertz CT molecular complexity index is 1830. The number of hydrogen-bond donors (Lipinski definition) is 1. The first kappa shape index (κ1) is 32.3. The SMILES string of the molecule is C=C(NC(=O)CCc1cncn1C(c1ccccc1)(c1ccccc1)c1ccccc1)C(=O)N1CC(OCC2CC2)(c2ccccc2C)C1. The third-order valence-electron chi connectivity index (χ3n) is 9.92. The van der Waals surface area contributed by atoms with Crippen molar-refractivity contribution in [3.8, 4) is 0 Å². The molecule has 5 aromatic rings. The zero-order valence-corrected chi connectivity index (χ0v) is 27.9. The number of hydrogen-bond acceptors (Lipinski definition) is 4. The van der Waals surface area contributed by atoms with Crippen molar-refractivity contribution in [1.82, 2.24) is 19.8 Å². The molecule has 0 spiro atoms. The van der Waals surface area contributed by atoms with Crippen LogP contribution in [0.15, 0.2) is 140 Å². The Morgan fingerprint density at radius 3 is 1.96 bits per heavy atom. The monoisotopic (exact) mass is 650 g/mol. The van der Waals surface area contributed by atoms with E-state index in [1.165, 1.54) is 12.8 Å². The number of nitrogens with one attached hydrogen (secondary N) is 1. The summed E-state index contributed by atoms with van der Waals surface area (Å²) in [7, 11) is 0. The van der Waals surface area contributed by atoms with Crippen molar-refractivity contribution in [2.45, 2.75) is 43.7 Å². The third-order valence-corrected chi connectivity index (χ3v) is 9.92. The first-order valence-electron chi connectivity index (χ1n) is 17.1. The number of likely N-dealkylation sites (tertiary alicyclic amines) is 1. The minimum Gasteiger partial charge on any atom is -0.366 e. The summed E-state index contributed by atoms with van der Waals surface area (Å²) in [5.74, 6) is 0.0508. The number of ether oxygens (including phenoxy) is 1. The predicted molar refractivity (Wildman–Crippen MR) is 191 cm³/mol. The summed E-state index contributed by atoms with van der Waals surface area (Å²) in [6.07, 6.45) is 6.63. The Balaban J connectivity index is 1.07. The maximum atomic E-state index is 13.4. The molecule has 7 heteroatoms. The van der Waals surface area contributed by atoms with Crippen LogP contribution in [0.3, 0.4) is 0 Å². The van der Waals surface area contributed by atoms with Gasteiger partial charge < -0.3 is 19.5 Å². The fourth-order valence-electron chi connectivity index (χ4n) is 7.18. The van der Waals surface area contributed by atoms with Gasteiger partial charge in [0.1, 0.15) is 11.1 Å². The van der Waals surface area contributed by atoms with E-state index in [2.05, 4.69) is 76.9 Å². The Morgan fingerprint density at radius 1 is 0.857 bits per heavy atom. The van der Waals surface area contributed by atoms with Gasteiger partial charge >= 0.3 is 0 Å². The van der Waals surface area contributed by atoms with Gasteiger partial charge in [0.05, 0.1) is 31.7 Å². The molecular weight excluding hydrogens is 608 g/mol. The van der Waals surface area contributed by atoms with Gasteiger partial charge in [-0.3, -0.25) is 9.59 Å². The van der Waals surface area contributed by atoms with Crippen LogP contribution < -0.4 is 5.32 Å². The van der Waals surface area contributed by atoms with Crippen molar-refractivity contribution in [1.29, 1.82) is 0 Å². The van der Waals surface area contributed by atoms with Gasteiger partial charge in [0.2, 0.25) is 5.91 Å². The standard InChI is InChI=1S/C42H42N4O3/c1-31-14-12-13-21-38(31)41(49-27-33-22-23-33)28-45(29-41)40(48)32(2)44-39(47)25-24-37-26-43-30-46(37)42(34-15-6-3-7-16-34,35-17-8-4-9-18-35)36-19-10-5-11-20-36/h3-21,26,30,33H,2,22-25,27-29H2,1H3,(H,44,47). The molecule has 1 N–H and O–H groups in total. The highest BCUT2D eigenvalue weighted by molar-refractivity contribution is 5.97. The van der Waals surface area contributed by atoms with E-state index in [4.69, 9.17) is 4.74 Å². The lowest BCUT2D eigenvalue weighted by atomic mass is 9.76. The molecule has 1 aromatic heterocycles. The Hall–Kier alpha value is -5.27. The summed E-state index contributed by atoms with van der Waals surface area (Å²) in [6, 6.07) is 39.3. The Kier molecular flexibility index (Phi) is 9.02. The number of carbonyl (C=O) groups excluding carboxylic acids is 2. The van der Waals surface area contributed by atoms with Crippen LogP contribution in [0.25, 0.3) is 0 Å². The molecule has 7 nitrogen and oxygen atoms in total. The van der Waals surface area contributed by atoms with Gasteiger partial charge in [-0.05, 0) is 59.9 Å². The van der Waals surface area contributed by atoms with E-state index in [1.54, 1.807) is 4.90 Å². The number of carbonyl (C=O) groups is 2. The lowest BCUT2D eigenvalue weighted by Gasteiger charge is -2.50. The first-order valence-corrected chi connectivity index (χ1v) is 17.1. The summed E-state index contributed by atoms with van der Waals surface area (Å²) in [4.78, 5) is 33.1. The first-order chi connectivity index (χ1) is 23.9. The number of rotatable bonds is 13. The van der Waals surface area contributed by atoms with E-state index in [-0.39, 0.29) is 23.9 Å². The Labute approximate surface area is 288 Å². The molecule has 248 valence electrons. The average molecular weight is 651 g/mol. The highest BCUT2D eigenvalue weighted by Crippen LogP contribution is 2.42. The minimum atomic E-state index is -0.728. The molecule has 0 radical (unpaired) electrons. The fourth-order valence-corrected chi connectivity index (χ4v) is 7.18. The van der Waals surface area contributed by atoms with Gasteiger partial charge in [-0.2, -0.15) is 0 Å². The van der Waals surface area contributed by atoms with Crippen LogP contribution in [0.2, 0.25) is 0 Å². The maximum Gasteiger partial charge on any atom is 0.269 e. The lowest BCUT2D eigenvalue weighted by molar-refractivity contribution is -0.171. The smallest absolute Gasteiger partial charge is 0.269 e. The van der Waals surface area contributed by atoms with Crippen LogP contribution >= 0.6 is 0 Å². The van der Waals surface area contributed by atoms with E-state index >= 15 is 0 Å². The molecular formula is C42H42N4O3. The van der Waals surface area contributed by atoms with Gasteiger partial charge in [-0.1, -0.05) is 122 Å². The zero-order chi connectivity index (χ0) is 33.8. The molecule has 1 saturated carbocycles. The van der Waals surface area contributed by atoms with Crippen molar-refractivity contribution in [3.63, 3.8) is 0 Å². The summed E-state index contributed by atoms with van der Waals surface area (Å²) in [5, 5.41) is 2.79. The molecule has 2 amide bonds. The summed E-state index contributed by atoms with van der Waals surface area (Å²) in [6.45, 7) is 7.60. The molecule has 4 aromatic carbocycles. The summed E-state index contributed by atoms with van der Waals surface area (Å²) < 4.78 is 8.67. The van der Waals surface area contributed by atoms with Crippen molar-refractivity contribution in [3.05, 3.63) is 174 Å². The largest absolute Gasteiger partial charge is 0.366 e. The summed E-state index contributed by atoms with van der Waals surface area (Å²) in [5.41, 5.74) is 5.20. The second kappa shape index (κ2) is 13.7. The van der Waals surface area contributed by atoms with Crippen LogP contribution in [0.4, 0.5) is 0 Å². The lowest BCUT2D eigenvalue weighted by Crippen LogP contribution is -2.63. The number of nitrogens with zero attached hydrogens (tertiary/aromatic N) is 3. The topological polar surface area (TPSA) is 76.5 Å². The Morgan fingerprint density at radius 2 is 1.41 bits per heavy atom. The van der Waals surface area contributed by atoms with E-state index in [0.717, 1.165) is 33.5 Å². The van der Waals surface area contributed by atoms with E-state index < -0.39 is 11.1 Å². The minimum absolute atomic E-state index is 0.0753. The number of amides is 2. The van der Waals surface area contributed by atoms with Crippen LogP contribution in [0, 0.1) is 12.8 Å². The van der Waals surface area contributed by atoms with E-state index in [9.17, 15) is 9.59 Å². The molecule has 0 atom stereocenters. The number of benzene rings is 4. The molecule has 0 bridgehead atoms. The molecule has 2 fully saturated rings. The molecule has 2 aliphatic rings. The molecule has 0 unspecified atom stereocenters. The van der Waals surface area contributed by atoms with Gasteiger partial charge in [-0.25, -0.2) is 4.98 Å². The number of aromatic nitrogens is 2. The van der Waals surface area contributed by atoms with Crippen LogP contribution in [0.5, 0.6) is 0 Å². The molecule has 49 heavy (non-hydrogen) atoms. The number of aryl methyl sites for hydroxylation is 2. The highest BCUT2D eigenvalue weighted by Gasteiger charge is 2.49. The molecule has 1 aliphatic heterocycles. The zero-order valence-electron chi connectivity index (χ0n) is 27.9. The molecule has 7 rings (SSSR count). The normalized spacial score (nSPS) is 15.3. The number of imidazole rings is 1. The highest BCUT2D eigenvalue weighted by atomic mass is 16.5. The van der Waals surface area contributed by atoms with Gasteiger partial charge in [-0.15, -0.1) is 0 Å². The van der Waals surface area contributed by atoms with Crippen molar-refractivity contribution in [2.24, 2.45) is 5.92 Å². The second-order valence-corrected chi connectivity index (χ2v) is 13.3. The summed E-state index contributed by atoms with van der Waals surface area (Å²) >= 11 is 0. The van der Waals surface area contributed by atoms with Crippen LogP contribution in [0.1, 0.15) is 52.8 Å². The molecule has 2 heterocycles. The maximum absolute atomic E-state index is 13.4. The van der Waals surface area contributed by atoms with Crippen molar-refractivity contribution >= 4 is 11.8 Å². The van der Waals surface area contributed by atoms with Gasteiger partial charge in [0.25, 0.3) is 5.91 Å². The second-order valence-electron chi connectivity index (χ2n) is 13.3. The quantitative estimate of drug-likeness (QED) is 0.113. The van der Waals surface area contributed by atoms with Crippen LogP contribution in [-0.2, 0) is 31.9 Å². The average Bonchev–Trinajstić information content (AvgIpc) is 3.84. The third kappa shape index (κ3) is 6.34. The van der Waals surface area contributed by atoms with Crippen molar-refractivity contribution < 1.29 is 14.3 Å². The predicted octanol–water partition coefficient (Wildman–Crippen LogP) is 6.76. The van der Waals surface area contributed by atoms with E-state index in [1.807, 2.05) is 79.3 Å². The molecule has 1 aliphatic carbocycles. The fraction of sp³-hybridized carbons (Fsp3) is 0.262. The molecule has 1 saturated heterocycles. The van der Waals surface area contributed by atoms with E-state index in [0.29, 0.717) is 32.0 Å².